The maximum Gasteiger partial charge on any atom is 0.315 e. The SMILES string of the molecule is CCn1nc(C)c(CNC(=O)NC[C@@](C)(O)c2ccccc2)c1C. The summed E-state index contributed by atoms with van der Waals surface area (Å²) in [5, 5.41) is 20.5. The Bertz CT molecular complexity index is 693. The molecule has 0 bridgehead atoms. The minimum atomic E-state index is -1.11. The van der Waals surface area contributed by atoms with Gasteiger partial charge in [-0.3, -0.25) is 4.68 Å². The highest BCUT2D eigenvalue weighted by atomic mass is 16.3. The third kappa shape index (κ3) is 4.14. The molecule has 0 fully saturated rings. The number of carbonyl (C=O) groups excluding carboxylic acids is 1. The maximum atomic E-state index is 12.0. The second-order valence-corrected chi connectivity index (χ2v) is 6.14. The van der Waals surface area contributed by atoms with E-state index >= 15 is 0 Å². The van der Waals surface area contributed by atoms with Crippen LogP contribution in [0.4, 0.5) is 4.79 Å². The topological polar surface area (TPSA) is 79.2 Å². The molecule has 0 radical (unpaired) electrons. The number of nitrogens with zero attached hydrogens (tertiary/aromatic N) is 2. The summed E-state index contributed by atoms with van der Waals surface area (Å²) < 4.78 is 1.92. The Morgan fingerprint density at radius 2 is 1.92 bits per heavy atom. The molecule has 6 nitrogen and oxygen atoms in total. The van der Waals surface area contributed by atoms with E-state index in [2.05, 4.69) is 15.7 Å². The van der Waals surface area contributed by atoms with E-state index in [1.54, 1.807) is 6.92 Å². The lowest BCUT2D eigenvalue weighted by Gasteiger charge is -2.24. The van der Waals surface area contributed by atoms with E-state index in [1.165, 1.54) is 0 Å². The molecule has 0 aliphatic carbocycles. The van der Waals surface area contributed by atoms with Crippen molar-refractivity contribution in [3.63, 3.8) is 0 Å². The fourth-order valence-corrected chi connectivity index (χ4v) is 2.68. The molecule has 0 unspecified atom stereocenters. The number of hydrogen-bond donors (Lipinski definition) is 3. The second-order valence-electron chi connectivity index (χ2n) is 6.14. The predicted octanol–water partition coefficient (Wildman–Crippen LogP) is 2.23. The molecule has 2 amide bonds. The molecule has 1 aromatic carbocycles. The van der Waals surface area contributed by atoms with Crippen molar-refractivity contribution in [2.75, 3.05) is 6.54 Å². The first-order valence-electron chi connectivity index (χ1n) is 8.17. The van der Waals surface area contributed by atoms with Gasteiger partial charge in [-0.05, 0) is 33.3 Å². The van der Waals surface area contributed by atoms with Crippen LogP contribution in [-0.4, -0.2) is 27.5 Å². The van der Waals surface area contributed by atoms with Crippen LogP contribution < -0.4 is 10.6 Å². The number of urea groups is 1. The van der Waals surface area contributed by atoms with Crippen molar-refractivity contribution in [3.05, 3.63) is 52.8 Å². The van der Waals surface area contributed by atoms with Crippen LogP contribution >= 0.6 is 0 Å². The van der Waals surface area contributed by atoms with Gasteiger partial charge < -0.3 is 15.7 Å². The Morgan fingerprint density at radius 3 is 2.50 bits per heavy atom. The smallest absolute Gasteiger partial charge is 0.315 e. The van der Waals surface area contributed by atoms with Crippen molar-refractivity contribution < 1.29 is 9.90 Å². The van der Waals surface area contributed by atoms with Crippen molar-refractivity contribution in [1.29, 1.82) is 0 Å². The van der Waals surface area contributed by atoms with Crippen LogP contribution in [0.1, 0.15) is 36.4 Å². The summed E-state index contributed by atoms with van der Waals surface area (Å²) >= 11 is 0. The zero-order valence-electron chi connectivity index (χ0n) is 14.8. The number of rotatable bonds is 6. The van der Waals surface area contributed by atoms with Gasteiger partial charge in [0.15, 0.2) is 0 Å². The van der Waals surface area contributed by atoms with E-state index in [4.69, 9.17) is 0 Å². The Balaban J connectivity index is 1.89. The zero-order chi connectivity index (χ0) is 17.7. The van der Waals surface area contributed by atoms with Crippen molar-refractivity contribution >= 4 is 6.03 Å². The average molecular weight is 330 g/mol. The van der Waals surface area contributed by atoms with Gasteiger partial charge in [-0.1, -0.05) is 30.3 Å². The Hall–Kier alpha value is -2.34. The lowest BCUT2D eigenvalue weighted by Crippen LogP contribution is -2.43. The lowest BCUT2D eigenvalue weighted by molar-refractivity contribution is 0.0594. The molecule has 0 saturated carbocycles. The summed E-state index contributed by atoms with van der Waals surface area (Å²) in [5.41, 5.74) is 2.66. The highest BCUT2D eigenvalue weighted by molar-refractivity contribution is 5.74. The lowest BCUT2D eigenvalue weighted by atomic mass is 9.96. The largest absolute Gasteiger partial charge is 0.384 e. The Morgan fingerprint density at radius 1 is 1.25 bits per heavy atom. The molecular formula is C18H26N4O2. The van der Waals surface area contributed by atoms with Crippen LogP contribution in [0.15, 0.2) is 30.3 Å². The molecule has 1 aromatic heterocycles. The number of carbonyl (C=O) groups is 1. The molecule has 3 N–H and O–H groups in total. The maximum absolute atomic E-state index is 12.0. The van der Waals surface area contributed by atoms with Crippen LogP contribution in [0, 0.1) is 13.8 Å². The highest BCUT2D eigenvalue weighted by Gasteiger charge is 2.23. The third-order valence-corrected chi connectivity index (χ3v) is 4.25. The van der Waals surface area contributed by atoms with Gasteiger partial charge in [0, 0.05) is 24.3 Å². The second kappa shape index (κ2) is 7.49. The normalized spacial score (nSPS) is 13.4. The van der Waals surface area contributed by atoms with Gasteiger partial charge in [-0.15, -0.1) is 0 Å². The summed E-state index contributed by atoms with van der Waals surface area (Å²) in [6.45, 7) is 9.01. The van der Waals surface area contributed by atoms with E-state index in [0.29, 0.717) is 6.54 Å². The van der Waals surface area contributed by atoms with Crippen LogP contribution in [0.25, 0.3) is 0 Å². The van der Waals surface area contributed by atoms with E-state index in [0.717, 1.165) is 29.1 Å². The fraction of sp³-hybridized carbons (Fsp3) is 0.444. The summed E-state index contributed by atoms with van der Waals surface area (Å²) in [5.74, 6) is 0. The molecule has 6 heteroatoms. The molecule has 1 heterocycles. The molecule has 2 aromatic rings. The number of nitrogens with one attached hydrogen (secondary N) is 2. The molecule has 24 heavy (non-hydrogen) atoms. The van der Waals surface area contributed by atoms with Gasteiger partial charge in [0.05, 0.1) is 12.2 Å². The fourth-order valence-electron chi connectivity index (χ4n) is 2.68. The van der Waals surface area contributed by atoms with Gasteiger partial charge in [0.1, 0.15) is 5.60 Å². The first-order chi connectivity index (χ1) is 11.3. The molecule has 0 saturated heterocycles. The Kier molecular flexibility index (Phi) is 5.62. The highest BCUT2D eigenvalue weighted by Crippen LogP contribution is 2.18. The standard InChI is InChI=1S/C18H26N4O2/c1-5-22-14(3)16(13(2)21-22)11-19-17(23)20-12-18(4,24)15-9-7-6-8-10-15/h6-10,24H,5,11-12H2,1-4H3,(H2,19,20,23)/t18-/m1/s1. The van der Waals surface area contributed by atoms with E-state index in [-0.39, 0.29) is 12.6 Å². The number of hydrogen-bond acceptors (Lipinski definition) is 3. The van der Waals surface area contributed by atoms with Gasteiger partial charge in [-0.2, -0.15) is 5.10 Å². The Labute approximate surface area is 142 Å². The summed E-state index contributed by atoms with van der Waals surface area (Å²) in [7, 11) is 0. The van der Waals surface area contributed by atoms with Gasteiger partial charge in [0.2, 0.25) is 0 Å². The van der Waals surface area contributed by atoms with Crippen molar-refractivity contribution in [3.8, 4) is 0 Å². The van der Waals surface area contributed by atoms with E-state index < -0.39 is 5.60 Å². The van der Waals surface area contributed by atoms with Gasteiger partial charge in [-0.25, -0.2) is 4.79 Å². The van der Waals surface area contributed by atoms with Crippen LogP contribution in [0.3, 0.4) is 0 Å². The number of aromatic nitrogens is 2. The summed E-state index contributed by atoms with van der Waals surface area (Å²) in [6.07, 6.45) is 0. The quantitative estimate of drug-likeness (QED) is 0.760. The minimum Gasteiger partial charge on any atom is -0.384 e. The molecular weight excluding hydrogens is 304 g/mol. The molecule has 130 valence electrons. The molecule has 0 spiro atoms. The summed E-state index contributed by atoms with van der Waals surface area (Å²) in [4.78, 5) is 12.0. The third-order valence-electron chi connectivity index (χ3n) is 4.25. The molecule has 1 atom stereocenters. The average Bonchev–Trinajstić information content (AvgIpc) is 2.85. The number of aliphatic hydroxyl groups is 1. The summed E-state index contributed by atoms with van der Waals surface area (Å²) in [6, 6.07) is 8.98. The van der Waals surface area contributed by atoms with Crippen LogP contribution in [-0.2, 0) is 18.7 Å². The van der Waals surface area contributed by atoms with Crippen molar-refractivity contribution in [1.82, 2.24) is 20.4 Å². The monoisotopic (exact) mass is 330 g/mol. The molecule has 0 aliphatic heterocycles. The van der Waals surface area contributed by atoms with E-state index in [9.17, 15) is 9.90 Å². The van der Waals surface area contributed by atoms with E-state index in [1.807, 2.05) is 55.8 Å². The van der Waals surface area contributed by atoms with Crippen molar-refractivity contribution in [2.24, 2.45) is 0 Å². The molecule has 0 aliphatic rings. The van der Waals surface area contributed by atoms with Crippen LogP contribution in [0.2, 0.25) is 0 Å². The van der Waals surface area contributed by atoms with Crippen molar-refractivity contribution in [2.45, 2.75) is 46.4 Å². The predicted molar refractivity (Wildman–Crippen MR) is 93.6 cm³/mol. The number of benzene rings is 1. The van der Waals surface area contributed by atoms with Gasteiger partial charge >= 0.3 is 6.03 Å². The molecule has 2 rings (SSSR count). The van der Waals surface area contributed by atoms with Gasteiger partial charge in [0.25, 0.3) is 0 Å². The first-order valence-corrected chi connectivity index (χ1v) is 8.17. The van der Waals surface area contributed by atoms with Crippen LogP contribution in [0.5, 0.6) is 0 Å². The first kappa shape index (κ1) is 18.0. The number of amides is 2. The number of aryl methyl sites for hydroxylation is 2. The zero-order valence-corrected chi connectivity index (χ0v) is 14.8. The minimum absolute atomic E-state index is 0.134.